The highest BCUT2D eigenvalue weighted by Crippen LogP contribution is 2.30. The molecule has 2 aliphatic rings. The first-order valence-corrected chi connectivity index (χ1v) is 12.7. The van der Waals surface area contributed by atoms with Crippen molar-refractivity contribution in [1.29, 1.82) is 0 Å². The number of halogens is 6. The van der Waals surface area contributed by atoms with Crippen LogP contribution in [0.15, 0.2) is 18.5 Å². The number of aliphatic carboxylic acids is 2. The van der Waals surface area contributed by atoms with Crippen LogP contribution in [0.4, 0.5) is 38.1 Å². The number of carboxylic acids is 2. The second-order valence-electron chi connectivity index (χ2n) is 9.23. The zero-order chi connectivity index (χ0) is 31.7. The molecule has 1 amide bonds. The topological polar surface area (TPSA) is 158 Å². The molecule has 0 atom stereocenters. The van der Waals surface area contributed by atoms with Crippen LogP contribution < -0.4 is 15.5 Å². The van der Waals surface area contributed by atoms with Crippen molar-refractivity contribution in [3.8, 4) is 0 Å². The van der Waals surface area contributed by atoms with Gasteiger partial charge in [0.1, 0.15) is 5.82 Å². The Morgan fingerprint density at radius 2 is 1.50 bits per heavy atom. The van der Waals surface area contributed by atoms with Gasteiger partial charge < -0.3 is 25.7 Å². The molecule has 0 aromatic carbocycles. The molecule has 11 nitrogen and oxygen atoms in total. The minimum atomic E-state index is -5.08. The number of aromatic nitrogens is 3. The predicted octanol–water partition coefficient (Wildman–Crippen LogP) is 3.49. The Hall–Kier alpha value is -4.18. The predicted molar refractivity (Wildman–Crippen MR) is 137 cm³/mol. The zero-order valence-corrected chi connectivity index (χ0v) is 22.6. The molecule has 0 bridgehead atoms. The van der Waals surface area contributed by atoms with E-state index in [1.165, 1.54) is 12.8 Å². The second kappa shape index (κ2) is 14.6. The third kappa shape index (κ3) is 10.7. The highest BCUT2D eigenvalue weighted by Gasteiger charge is 2.39. The van der Waals surface area contributed by atoms with Crippen LogP contribution in [0, 0.1) is 5.92 Å². The average molecular weight is 609 g/mol. The third-order valence-corrected chi connectivity index (χ3v) is 6.06. The average Bonchev–Trinajstić information content (AvgIpc) is 3.77. The summed E-state index contributed by atoms with van der Waals surface area (Å²) >= 11 is 0. The molecule has 1 aliphatic carbocycles. The van der Waals surface area contributed by atoms with Gasteiger partial charge in [0.2, 0.25) is 5.95 Å². The first kappa shape index (κ1) is 34.0. The minimum absolute atomic E-state index is 0.0896. The summed E-state index contributed by atoms with van der Waals surface area (Å²) in [5.74, 6) is -3.41. The van der Waals surface area contributed by atoms with Crippen LogP contribution in [-0.4, -0.2) is 82.0 Å². The van der Waals surface area contributed by atoms with Crippen molar-refractivity contribution in [2.24, 2.45) is 5.92 Å². The standard InChI is InChI=1S/C21H28N6O.2C2HF3O2/c1-3-14-11-24-21(25-12-14)27-8-6-16-10-17(20(28)22-2)19(23-13-15-4-5-15)26-18(16)7-9-27;2*3-2(4,5)1(6)7/h10-12,15H,3-9,13H2,1-2H3,(H,22,28)(H,23,26);2*(H,6,7). The summed E-state index contributed by atoms with van der Waals surface area (Å²) in [5, 5.41) is 20.4. The molecule has 17 heteroatoms. The molecule has 1 saturated carbocycles. The quantitative estimate of drug-likeness (QED) is 0.358. The number of carboxylic acid groups (broad SMARTS) is 2. The number of nitrogens with zero attached hydrogens (tertiary/aromatic N) is 4. The maximum Gasteiger partial charge on any atom is 0.490 e. The molecule has 2 aromatic heterocycles. The monoisotopic (exact) mass is 608 g/mol. The number of carbonyl (C=O) groups is 3. The molecule has 0 radical (unpaired) electrons. The van der Waals surface area contributed by atoms with Crippen molar-refractivity contribution >= 4 is 29.6 Å². The normalized spacial score (nSPS) is 14.6. The van der Waals surface area contributed by atoms with Gasteiger partial charge in [-0.3, -0.25) is 4.79 Å². The van der Waals surface area contributed by atoms with E-state index in [9.17, 15) is 31.1 Å². The van der Waals surface area contributed by atoms with Crippen LogP contribution in [0.2, 0.25) is 0 Å². The Kier molecular flexibility index (Phi) is 11.9. The summed E-state index contributed by atoms with van der Waals surface area (Å²) in [6.07, 6.45) is -1.24. The number of hydrogen-bond donors (Lipinski definition) is 4. The molecule has 42 heavy (non-hydrogen) atoms. The van der Waals surface area contributed by atoms with Crippen LogP contribution in [0.5, 0.6) is 0 Å². The summed E-state index contributed by atoms with van der Waals surface area (Å²) in [6.45, 7) is 4.64. The SMILES string of the molecule is CCc1cnc(N2CCc3cc(C(=O)NC)c(NCC4CC4)nc3CC2)nc1.O=C(O)C(F)(F)F.O=C(O)C(F)(F)F. The zero-order valence-electron chi connectivity index (χ0n) is 22.6. The number of alkyl halides is 6. The van der Waals surface area contributed by atoms with Crippen molar-refractivity contribution in [3.05, 3.63) is 40.8 Å². The maximum atomic E-state index is 12.4. The molecule has 2 aromatic rings. The second-order valence-corrected chi connectivity index (χ2v) is 9.23. The molecule has 0 saturated heterocycles. The van der Waals surface area contributed by atoms with Gasteiger partial charge in [-0.1, -0.05) is 6.92 Å². The van der Waals surface area contributed by atoms with Crippen LogP contribution in [0.1, 0.15) is 46.9 Å². The Balaban J connectivity index is 0.000000367. The largest absolute Gasteiger partial charge is 0.490 e. The lowest BCUT2D eigenvalue weighted by molar-refractivity contribution is -0.193. The lowest BCUT2D eigenvalue weighted by Crippen LogP contribution is -2.27. The fourth-order valence-corrected chi connectivity index (χ4v) is 3.53. The van der Waals surface area contributed by atoms with Crippen molar-refractivity contribution in [3.63, 3.8) is 0 Å². The van der Waals surface area contributed by atoms with Gasteiger partial charge in [-0.25, -0.2) is 24.5 Å². The summed E-state index contributed by atoms with van der Waals surface area (Å²) in [5.41, 5.74) is 3.99. The van der Waals surface area contributed by atoms with Gasteiger partial charge in [0, 0.05) is 51.2 Å². The van der Waals surface area contributed by atoms with E-state index in [1.54, 1.807) is 7.05 Å². The number of amides is 1. The number of nitrogens with one attached hydrogen (secondary N) is 2. The lowest BCUT2D eigenvalue weighted by Gasteiger charge is -2.19. The first-order valence-electron chi connectivity index (χ1n) is 12.7. The molecular formula is C25H30F6N6O5. The van der Waals surface area contributed by atoms with Gasteiger partial charge >= 0.3 is 24.3 Å². The van der Waals surface area contributed by atoms with Gasteiger partial charge in [-0.05, 0) is 48.8 Å². The highest BCUT2D eigenvalue weighted by atomic mass is 19.4. The number of hydrogen-bond acceptors (Lipinski definition) is 8. The highest BCUT2D eigenvalue weighted by molar-refractivity contribution is 5.98. The molecule has 3 heterocycles. The lowest BCUT2D eigenvalue weighted by atomic mass is 10.1. The van der Waals surface area contributed by atoms with Crippen LogP contribution >= 0.6 is 0 Å². The Morgan fingerprint density at radius 3 is 1.95 bits per heavy atom. The van der Waals surface area contributed by atoms with Crippen molar-refractivity contribution in [2.75, 3.05) is 36.9 Å². The number of fused-ring (bicyclic) bond motifs is 1. The van der Waals surface area contributed by atoms with Crippen molar-refractivity contribution in [1.82, 2.24) is 20.3 Å². The fourth-order valence-electron chi connectivity index (χ4n) is 3.53. The molecular weight excluding hydrogens is 578 g/mol. The number of rotatable bonds is 6. The van der Waals surface area contributed by atoms with Gasteiger partial charge in [-0.2, -0.15) is 26.3 Å². The number of aryl methyl sites for hydroxylation is 1. The van der Waals surface area contributed by atoms with E-state index >= 15 is 0 Å². The van der Waals surface area contributed by atoms with Gasteiger partial charge in [0.25, 0.3) is 5.91 Å². The van der Waals surface area contributed by atoms with E-state index in [2.05, 4.69) is 32.4 Å². The van der Waals surface area contributed by atoms with Crippen molar-refractivity contribution in [2.45, 2.75) is 51.4 Å². The summed E-state index contributed by atoms with van der Waals surface area (Å²) in [6, 6.07) is 2.01. The van der Waals surface area contributed by atoms with Gasteiger partial charge in [0.15, 0.2) is 0 Å². The molecule has 1 fully saturated rings. The number of anilines is 2. The number of pyridine rings is 1. The van der Waals surface area contributed by atoms with Crippen LogP contribution in [-0.2, 0) is 28.9 Å². The van der Waals surface area contributed by atoms with Gasteiger partial charge in [0.05, 0.1) is 5.56 Å². The van der Waals surface area contributed by atoms with E-state index in [1.807, 2.05) is 18.5 Å². The van der Waals surface area contributed by atoms with Crippen LogP contribution in [0.25, 0.3) is 0 Å². The molecule has 1 aliphatic heterocycles. The van der Waals surface area contributed by atoms with Crippen molar-refractivity contribution < 1.29 is 50.9 Å². The number of carbonyl (C=O) groups excluding carboxylic acids is 1. The fraction of sp³-hybridized carbons (Fsp3) is 0.520. The molecule has 4 N–H and O–H groups in total. The smallest absolute Gasteiger partial charge is 0.475 e. The van der Waals surface area contributed by atoms with E-state index < -0.39 is 24.3 Å². The summed E-state index contributed by atoms with van der Waals surface area (Å²) in [4.78, 5) is 46.3. The maximum absolute atomic E-state index is 12.4. The Labute approximate surface area is 236 Å². The van der Waals surface area contributed by atoms with E-state index in [-0.39, 0.29) is 5.91 Å². The van der Waals surface area contributed by atoms with Gasteiger partial charge in [-0.15, -0.1) is 0 Å². The minimum Gasteiger partial charge on any atom is -0.475 e. The van der Waals surface area contributed by atoms with E-state index in [4.69, 9.17) is 24.8 Å². The summed E-state index contributed by atoms with van der Waals surface area (Å²) < 4.78 is 63.5. The Morgan fingerprint density at radius 1 is 0.976 bits per heavy atom. The molecule has 0 spiro atoms. The third-order valence-electron chi connectivity index (χ3n) is 6.06. The molecule has 4 rings (SSSR count). The van der Waals surface area contributed by atoms with E-state index in [0.29, 0.717) is 11.4 Å². The first-order chi connectivity index (χ1) is 19.6. The summed E-state index contributed by atoms with van der Waals surface area (Å²) in [7, 11) is 1.66. The molecule has 232 valence electrons. The van der Waals surface area contributed by atoms with E-state index in [0.717, 1.165) is 67.6 Å². The Bertz CT molecular complexity index is 1210. The van der Waals surface area contributed by atoms with Crippen LogP contribution in [0.3, 0.4) is 0 Å². The molecule has 0 unspecified atom stereocenters.